The van der Waals surface area contributed by atoms with Gasteiger partial charge in [-0.05, 0) is 17.7 Å². The maximum absolute atomic E-state index is 11.5. The van der Waals surface area contributed by atoms with Gasteiger partial charge in [0.05, 0.1) is 6.54 Å². The summed E-state index contributed by atoms with van der Waals surface area (Å²) in [5, 5.41) is 2.57. The molecule has 0 aromatic heterocycles. The van der Waals surface area contributed by atoms with Crippen molar-refractivity contribution < 1.29 is 9.53 Å². The number of carbonyl (C=O) groups is 1. The molecule has 2 aromatic carbocycles. The van der Waals surface area contributed by atoms with Crippen LogP contribution in [0.25, 0.3) is 0 Å². The highest BCUT2D eigenvalue weighted by molar-refractivity contribution is 5.67. The number of benzene rings is 2. The second-order valence-electron chi connectivity index (χ2n) is 4.30. The van der Waals surface area contributed by atoms with Gasteiger partial charge < -0.3 is 15.8 Å². The Kier molecular flexibility index (Phi) is 5.25. The first-order chi connectivity index (χ1) is 10.3. The molecule has 21 heavy (non-hydrogen) atoms. The van der Waals surface area contributed by atoms with Gasteiger partial charge in [0.2, 0.25) is 0 Å². The van der Waals surface area contributed by atoms with Gasteiger partial charge in [-0.15, -0.1) is 0 Å². The van der Waals surface area contributed by atoms with Crippen molar-refractivity contribution in [2.24, 2.45) is 0 Å². The molecule has 0 aliphatic rings. The third-order valence-corrected chi connectivity index (χ3v) is 2.72. The molecule has 4 heteroatoms. The van der Waals surface area contributed by atoms with E-state index in [9.17, 15) is 4.79 Å². The molecular formula is C17H16N2O2. The van der Waals surface area contributed by atoms with Crippen molar-refractivity contribution in [2.75, 3.05) is 12.3 Å². The summed E-state index contributed by atoms with van der Waals surface area (Å²) in [7, 11) is 0. The van der Waals surface area contributed by atoms with Crippen LogP contribution >= 0.6 is 0 Å². The number of para-hydroxylation sites is 1. The Morgan fingerprint density at radius 3 is 2.57 bits per heavy atom. The standard InChI is InChI=1S/C17H16N2O2/c18-16-11-5-4-9-15(16)10-6-12-19-17(20)21-13-14-7-2-1-3-8-14/h1-5,7-9,11H,12-13,18H2,(H,19,20). The zero-order chi connectivity index (χ0) is 14.9. The molecule has 1 amide bonds. The summed E-state index contributed by atoms with van der Waals surface area (Å²) < 4.78 is 5.06. The fourth-order valence-electron chi connectivity index (χ4n) is 1.64. The van der Waals surface area contributed by atoms with E-state index in [1.807, 2.05) is 48.5 Å². The van der Waals surface area contributed by atoms with Crippen LogP contribution in [0, 0.1) is 11.8 Å². The van der Waals surface area contributed by atoms with Crippen molar-refractivity contribution in [1.29, 1.82) is 0 Å². The van der Waals surface area contributed by atoms with Crippen LogP contribution in [0.2, 0.25) is 0 Å². The lowest BCUT2D eigenvalue weighted by molar-refractivity contribution is 0.141. The zero-order valence-corrected chi connectivity index (χ0v) is 11.5. The van der Waals surface area contributed by atoms with E-state index in [0.717, 1.165) is 11.1 Å². The Hall–Kier alpha value is -2.93. The van der Waals surface area contributed by atoms with Gasteiger partial charge >= 0.3 is 6.09 Å². The van der Waals surface area contributed by atoms with E-state index >= 15 is 0 Å². The average Bonchev–Trinajstić information content (AvgIpc) is 2.52. The quantitative estimate of drug-likeness (QED) is 0.671. The number of amides is 1. The summed E-state index contributed by atoms with van der Waals surface area (Å²) in [6, 6.07) is 16.8. The Bertz CT molecular complexity index is 657. The fraction of sp³-hybridized carbons (Fsp3) is 0.118. The Labute approximate surface area is 123 Å². The van der Waals surface area contributed by atoms with Crippen LogP contribution in [0.1, 0.15) is 11.1 Å². The number of nitrogens with two attached hydrogens (primary N) is 1. The molecule has 0 atom stereocenters. The molecule has 2 aromatic rings. The molecule has 0 saturated carbocycles. The monoisotopic (exact) mass is 280 g/mol. The van der Waals surface area contributed by atoms with Gasteiger partial charge in [0.15, 0.2) is 0 Å². The van der Waals surface area contributed by atoms with Crippen molar-refractivity contribution in [2.45, 2.75) is 6.61 Å². The summed E-state index contributed by atoms with van der Waals surface area (Å²) in [5.41, 5.74) is 8.07. The Balaban J connectivity index is 1.74. The molecule has 0 heterocycles. The van der Waals surface area contributed by atoms with E-state index < -0.39 is 6.09 Å². The average molecular weight is 280 g/mol. The molecule has 2 rings (SSSR count). The normalized spacial score (nSPS) is 9.33. The van der Waals surface area contributed by atoms with E-state index in [4.69, 9.17) is 10.5 Å². The van der Waals surface area contributed by atoms with Crippen molar-refractivity contribution in [3.63, 3.8) is 0 Å². The van der Waals surface area contributed by atoms with Gasteiger partial charge in [-0.25, -0.2) is 4.79 Å². The number of carbonyl (C=O) groups excluding carboxylic acids is 1. The molecule has 0 saturated heterocycles. The van der Waals surface area contributed by atoms with Gasteiger partial charge in [-0.2, -0.15) is 0 Å². The van der Waals surface area contributed by atoms with Crippen molar-refractivity contribution in [1.82, 2.24) is 5.32 Å². The maximum Gasteiger partial charge on any atom is 0.408 e. The predicted molar refractivity (Wildman–Crippen MR) is 82.4 cm³/mol. The third kappa shape index (κ3) is 4.92. The number of hydrogen-bond donors (Lipinski definition) is 2. The first-order valence-electron chi connectivity index (χ1n) is 6.53. The highest BCUT2D eigenvalue weighted by Crippen LogP contribution is 2.07. The number of nitrogen functional groups attached to an aromatic ring is 1. The topological polar surface area (TPSA) is 64.3 Å². The summed E-state index contributed by atoms with van der Waals surface area (Å²) in [4.78, 5) is 11.5. The minimum Gasteiger partial charge on any atom is -0.445 e. The van der Waals surface area contributed by atoms with Gasteiger partial charge in [0.25, 0.3) is 0 Å². The van der Waals surface area contributed by atoms with Crippen LogP contribution < -0.4 is 11.1 Å². The minimum absolute atomic E-state index is 0.210. The molecule has 0 spiro atoms. The first kappa shape index (κ1) is 14.5. The molecule has 0 bridgehead atoms. The van der Waals surface area contributed by atoms with Crippen molar-refractivity contribution >= 4 is 11.8 Å². The lowest BCUT2D eigenvalue weighted by Gasteiger charge is -2.04. The maximum atomic E-state index is 11.5. The van der Waals surface area contributed by atoms with Crippen LogP contribution in [0.4, 0.5) is 10.5 Å². The SMILES string of the molecule is Nc1ccccc1C#CCNC(=O)OCc1ccccc1. The van der Waals surface area contributed by atoms with Crippen LogP contribution in [0.15, 0.2) is 54.6 Å². The van der Waals surface area contributed by atoms with Gasteiger partial charge in [-0.1, -0.05) is 54.3 Å². The number of anilines is 1. The van der Waals surface area contributed by atoms with Crippen LogP contribution in [-0.4, -0.2) is 12.6 Å². The molecular weight excluding hydrogens is 264 g/mol. The van der Waals surface area contributed by atoms with Crippen LogP contribution in [0.3, 0.4) is 0 Å². The fourth-order valence-corrected chi connectivity index (χ4v) is 1.64. The lowest BCUT2D eigenvalue weighted by atomic mass is 10.2. The highest BCUT2D eigenvalue weighted by atomic mass is 16.5. The first-order valence-corrected chi connectivity index (χ1v) is 6.53. The van der Waals surface area contributed by atoms with E-state index in [-0.39, 0.29) is 13.2 Å². The summed E-state index contributed by atoms with van der Waals surface area (Å²) >= 11 is 0. The molecule has 0 aliphatic heterocycles. The molecule has 0 fully saturated rings. The number of alkyl carbamates (subject to hydrolysis) is 1. The molecule has 106 valence electrons. The van der Waals surface area contributed by atoms with Gasteiger partial charge in [0.1, 0.15) is 6.61 Å². The van der Waals surface area contributed by atoms with E-state index in [2.05, 4.69) is 17.2 Å². The largest absolute Gasteiger partial charge is 0.445 e. The predicted octanol–water partition coefficient (Wildman–Crippen LogP) is 2.55. The molecule has 0 unspecified atom stereocenters. The Morgan fingerprint density at radius 2 is 1.81 bits per heavy atom. The summed E-state index contributed by atoms with van der Waals surface area (Å²) in [6.07, 6.45) is -0.491. The van der Waals surface area contributed by atoms with Crippen molar-refractivity contribution in [3.05, 3.63) is 65.7 Å². The highest BCUT2D eigenvalue weighted by Gasteiger charge is 2.00. The Morgan fingerprint density at radius 1 is 1.10 bits per heavy atom. The lowest BCUT2D eigenvalue weighted by Crippen LogP contribution is -2.24. The molecule has 0 aliphatic carbocycles. The van der Waals surface area contributed by atoms with E-state index in [1.54, 1.807) is 6.07 Å². The molecule has 3 N–H and O–H groups in total. The summed E-state index contributed by atoms with van der Waals surface area (Å²) in [5.74, 6) is 5.73. The minimum atomic E-state index is -0.491. The summed E-state index contributed by atoms with van der Waals surface area (Å²) in [6.45, 7) is 0.452. The number of ether oxygens (including phenoxy) is 1. The van der Waals surface area contributed by atoms with Crippen molar-refractivity contribution in [3.8, 4) is 11.8 Å². The van der Waals surface area contributed by atoms with E-state index in [0.29, 0.717) is 5.69 Å². The molecule has 4 nitrogen and oxygen atoms in total. The second-order valence-corrected chi connectivity index (χ2v) is 4.30. The number of nitrogens with one attached hydrogen (secondary N) is 1. The second kappa shape index (κ2) is 7.61. The van der Waals surface area contributed by atoms with Crippen LogP contribution in [0.5, 0.6) is 0 Å². The molecule has 0 radical (unpaired) electrons. The number of hydrogen-bond acceptors (Lipinski definition) is 3. The third-order valence-electron chi connectivity index (χ3n) is 2.72. The smallest absolute Gasteiger partial charge is 0.408 e. The number of rotatable bonds is 3. The zero-order valence-electron chi connectivity index (χ0n) is 11.5. The van der Waals surface area contributed by atoms with E-state index in [1.165, 1.54) is 0 Å². The van der Waals surface area contributed by atoms with Crippen LogP contribution in [-0.2, 0) is 11.3 Å². The van der Waals surface area contributed by atoms with Gasteiger partial charge in [-0.3, -0.25) is 0 Å². The van der Waals surface area contributed by atoms with Gasteiger partial charge in [0, 0.05) is 11.3 Å².